The van der Waals surface area contributed by atoms with Gasteiger partial charge in [-0.25, -0.2) is 0 Å². The summed E-state index contributed by atoms with van der Waals surface area (Å²) in [5.74, 6) is 0.883. The number of allylic oxidation sites excluding steroid dienone is 1. The molecule has 3 aliphatic heterocycles. The molecule has 0 saturated carbocycles. The van der Waals surface area contributed by atoms with E-state index < -0.39 is 0 Å². The molecule has 0 radical (unpaired) electrons. The largest absolute Gasteiger partial charge is 0.385 e. The number of fused-ring (bicyclic) bond motifs is 2. The van der Waals surface area contributed by atoms with Gasteiger partial charge in [0.05, 0.1) is 5.41 Å². The average molecular weight is 311 g/mol. The smallest absolute Gasteiger partial charge is 0.235 e. The molecule has 4 rings (SSSR count). The Balaban J connectivity index is 1.71. The summed E-state index contributed by atoms with van der Waals surface area (Å²) in [5.41, 5.74) is 4.32. The lowest BCUT2D eigenvalue weighted by Crippen LogP contribution is -2.45. The second-order valence-electron chi connectivity index (χ2n) is 7.44. The highest BCUT2D eigenvalue weighted by Crippen LogP contribution is 2.45. The van der Waals surface area contributed by atoms with Crippen LogP contribution in [-0.4, -0.2) is 37.5 Å². The van der Waals surface area contributed by atoms with Gasteiger partial charge in [-0.2, -0.15) is 0 Å². The van der Waals surface area contributed by atoms with Gasteiger partial charge in [-0.1, -0.05) is 19.1 Å². The Morgan fingerprint density at radius 3 is 2.74 bits per heavy atom. The zero-order valence-electron chi connectivity index (χ0n) is 14.0. The van der Waals surface area contributed by atoms with E-state index in [4.69, 9.17) is 0 Å². The molecule has 0 aromatic heterocycles. The Kier molecular flexibility index (Phi) is 3.45. The molecule has 1 unspecified atom stereocenters. The number of likely N-dealkylation sites (tertiary alicyclic amines) is 1. The Hall–Kier alpha value is -1.81. The van der Waals surface area contributed by atoms with Crippen LogP contribution in [0.5, 0.6) is 0 Å². The van der Waals surface area contributed by atoms with Gasteiger partial charge in [-0.15, -0.1) is 0 Å². The van der Waals surface area contributed by atoms with Crippen LogP contribution in [0.4, 0.5) is 5.69 Å². The highest BCUT2D eigenvalue weighted by Gasteiger charge is 2.48. The predicted octanol–water partition coefficient (Wildman–Crippen LogP) is 2.57. The standard InChI is InChI=1S/C19H25N3O/c1-13-3-5-16(20-12-13)14-4-6-17-15(11-14)19(18(23)21-17)7-9-22(2)10-8-19/h4-6,11,13,20H,3,7-10,12H2,1-2H3,(H,21,23). The fourth-order valence-corrected chi connectivity index (χ4v) is 4.06. The molecule has 1 amide bonds. The van der Waals surface area contributed by atoms with Crippen LogP contribution in [0.3, 0.4) is 0 Å². The van der Waals surface area contributed by atoms with E-state index in [0.29, 0.717) is 5.92 Å². The van der Waals surface area contributed by atoms with Gasteiger partial charge >= 0.3 is 0 Å². The van der Waals surface area contributed by atoms with Gasteiger partial charge in [-0.05, 0) is 68.6 Å². The molecule has 0 bridgehead atoms. The molecule has 1 atom stereocenters. The number of hydrogen-bond acceptors (Lipinski definition) is 3. The van der Waals surface area contributed by atoms with Crippen molar-refractivity contribution in [3.63, 3.8) is 0 Å². The molecular formula is C19H25N3O. The third-order valence-electron chi connectivity index (χ3n) is 5.73. The molecule has 3 heterocycles. The van der Waals surface area contributed by atoms with Gasteiger partial charge in [-0.3, -0.25) is 4.79 Å². The summed E-state index contributed by atoms with van der Waals surface area (Å²) in [7, 11) is 2.13. The number of rotatable bonds is 1. The molecule has 4 nitrogen and oxygen atoms in total. The Morgan fingerprint density at radius 2 is 2.04 bits per heavy atom. The van der Waals surface area contributed by atoms with Crippen LogP contribution in [0.2, 0.25) is 0 Å². The van der Waals surface area contributed by atoms with Gasteiger partial charge in [0.15, 0.2) is 0 Å². The second-order valence-corrected chi connectivity index (χ2v) is 7.44. The summed E-state index contributed by atoms with van der Waals surface area (Å²) in [6.07, 6.45) is 5.23. The molecule has 0 aliphatic carbocycles. The van der Waals surface area contributed by atoms with E-state index in [1.54, 1.807) is 0 Å². The monoisotopic (exact) mass is 311 g/mol. The zero-order chi connectivity index (χ0) is 16.0. The van der Waals surface area contributed by atoms with Crippen LogP contribution in [0, 0.1) is 5.92 Å². The number of hydrogen-bond donors (Lipinski definition) is 2. The van der Waals surface area contributed by atoms with E-state index >= 15 is 0 Å². The van der Waals surface area contributed by atoms with E-state index in [-0.39, 0.29) is 11.3 Å². The van der Waals surface area contributed by atoms with Crippen molar-refractivity contribution >= 4 is 17.3 Å². The van der Waals surface area contributed by atoms with Crippen LogP contribution in [-0.2, 0) is 10.2 Å². The molecular weight excluding hydrogens is 286 g/mol. The normalized spacial score (nSPS) is 26.4. The summed E-state index contributed by atoms with van der Waals surface area (Å²) < 4.78 is 0. The molecule has 2 N–H and O–H groups in total. The van der Waals surface area contributed by atoms with Crippen molar-refractivity contribution in [3.8, 4) is 0 Å². The third kappa shape index (κ3) is 2.36. The topological polar surface area (TPSA) is 44.4 Å². The van der Waals surface area contributed by atoms with Crippen LogP contribution in [0.25, 0.3) is 5.70 Å². The number of carbonyl (C=O) groups is 1. The summed E-state index contributed by atoms with van der Waals surface area (Å²) in [6, 6.07) is 6.45. The van der Waals surface area contributed by atoms with Crippen molar-refractivity contribution in [2.45, 2.75) is 31.6 Å². The number of piperidine rings is 1. The summed E-state index contributed by atoms with van der Waals surface area (Å²) in [6.45, 7) is 5.25. The molecule has 1 saturated heterocycles. The number of amides is 1. The van der Waals surface area contributed by atoms with Crippen molar-refractivity contribution in [2.24, 2.45) is 5.92 Å². The van der Waals surface area contributed by atoms with Crippen molar-refractivity contribution in [2.75, 3.05) is 32.0 Å². The van der Waals surface area contributed by atoms with E-state index in [1.165, 1.54) is 16.8 Å². The lowest BCUT2D eigenvalue weighted by Gasteiger charge is -2.36. The maximum Gasteiger partial charge on any atom is 0.235 e. The minimum atomic E-state index is -0.319. The summed E-state index contributed by atoms with van der Waals surface area (Å²) in [5, 5.41) is 6.65. The molecule has 1 fully saturated rings. The van der Waals surface area contributed by atoms with Crippen molar-refractivity contribution < 1.29 is 4.79 Å². The first-order chi connectivity index (χ1) is 11.1. The number of anilines is 1. The summed E-state index contributed by atoms with van der Waals surface area (Å²) >= 11 is 0. The van der Waals surface area contributed by atoms with Crippen LogP contribution < -0.4 is 10.6 Å². The van der Waals surface area contributed by atoms with Gasteiger partial charge in [0, 0.05) is 17.9 Å². The Labute approximate surface area is 137 Å². The Bertz CT molecular complexity index is 671. The second kappa shape index (κ2) is 5.38. The van der Waals surface area contributed by atoms with Crippen LogP contribution in [0.15, 0.2) is 24.3 Å². The highest BCUT2D eigenvalue weighted by atomic mass is 16.2. The number of carbonyl (C=O) groups excluding carboxylic acids is 1. The lowest BCUT2D eigenvalue weighted by molar-refractivity contribution is -0.122. The maximum atomic E-state index is 12.7. The van der Waals surface area contributed by atoms with Crippen molar-refractivity contribution in [3.05, 3.63) is 35.4 Å². The minimum absolute atomic E-state index is 0.192. The number of benzene rings is 1. The third-order valence-corrected chi connectivity index (χ3v) is 5.73. The number of nitrogens with zero attached hydrogens (tertiary/aromatic N) is 1. The molecule has 122 valence electrons. The Morgan fingerprint density at radius 1 is 1.26 bits per heavy atom. The zero-order valence-corrected chi connectivity index (χ0v) is 14.0. The van der Waals surface area contributed by atoms with Gasteiger partial charge in [0.1, 0.15) is 0 Å². The lowest BCUT2D eigenvalue weighted by atomic mass is 9.73. The van der Waals surface area contributed by atoms with Crippen LogP contribution in [0.1, 0.15) is 37.3 Å². The molecule has 23 heavy (non-hydrogen) atoms. The first-order valence-electron chi connectivity index (χ1n) is 8.67. The van der Waals surface area contributed by atoms with Crippen molar-refractivity contribution in [1.29, 1.82) is 0 Å². The van der Waals surface area contributed by atoms with Gasteiger partial charge < -0.3 is 15.5 Å². The van der Waals surface area contributed by atoms with Gasteiger partial charge in [0.25, 0.3) is 0 Å². The first-order valence-corrected chi connectivity index (χ1v) is 8.67. The summed E-state index contributed by atoms with van der Waals surface area (Å²) in [4.78, 5) is 15.0. The van der Waals surface area contributed by atoms with Crippen molar-refractivity contribution in [1.82, 2.24) is 10.2 Å². The van der Waals surface area contributed by atoms with E-state index in [0.717, 1.165) is 44.6 Å². The molecule has 4 heteroatoms. The minimum Gasteiger partial charge on any atom is -0.385 e. The molecule has 1 aromatic rings. The first kappa shape index (κ1) is 14.8. The molecule has 1 aromatic carbocycles. The SMILES string of the molecule is CC1CC=C(c2ccc3c(c2)C2(CCN(C)CC2)C(=O)N3)NC1. The molecule has 3 aliphatic rings. The fraction of sp³-hybridized carbons (Fsp3) is 0.526. The number of nitrogens with one attached hydrogen (secondary N) is 2. The quantitative estimate of drug-likeness (QED) is 0.838. The van der Waals surface area contributed by atoms with E-state index in [1.807, 2.05) is 0 Å². The predicted molar refractivity (Wildman–Crippen MR) is 93.2 cm³/mol. The fourth-order valence-electron chi connectivity index (χ4n) is 4.06. The highest BCUT2D eigenvalue weighted by molar-refractivity contribution is 6.06. The average Bonchev–Trinajstić information content (AvgIpc) is 2.83. The van der Waals surface area contributed by atoms with Gasteiger partial charge in [0.2, 0.25) is 5.91 Å². The van der Waals surface area contributed by atoms with E-state index in [2.05, 4.69) is 53.8 Å². The van der Waals surface area contributed by atoms with E-state index in [9.17, 15) is 4.79 Å². The van der Waals surface area contributed by atoms with Crippen LogP contribution >= 0.6 is 0 Å². The molecule has 1 spiro atoms. The maximum absolute atomic E-state index is 12.7.